The van der Waals surface area contributed by atoms with E-state index in [1.54, 1.807) is 12.1 Å². The minimum absolute atomic E-state index is 0.0786. The van der Waals surface area contributed by atoms with Gasteiger partial charge in [0.15, 0.2) is 0 Å². The number of hydrogen-bond acceptors (Lipinski definition) is 3. The Morgan fingerprint density at radius 3 is 1.85 bits per heavy atom. The second-order valence-electron chi connectivity index (χ2n) is 7.15. The van der Waals surface area contributed by atoms with Crippen molar-refractivity contribution in [3.8, 4) is 0 Å². The van der Waals surface area contributed by atoms with E-state index in [0.717, 1.165) is 49.8 Å². The van der Waals surface area contributed by atoms with E-state index < -0.39 is 20.5 Å². The molecule has 1 rings (SSSR count). The third-order valence-corrected chi connectivity index (χ3v) is 6.49. The van der Waals surface area contributed by atoms with Crippen molar-refractivity contribution in [1.29, 1.82) is 0 Å². The monoisotopic (exact) mass is 392 g/mol. The fraction of sp³-hybridized carbons (Fsp3) is 0.684. The molecule has 1 N–H and O–H groups in total. The highest BCUT2D eigenvalue weighted by atomic mass is 28.4. The van der Waals surface area contributed by atoms with Crippen molar-refractivity contribution in [2.45, 2.75) is 84.2 Å². The van der Waals surface area contributed by atoms with Gasteiger partial charge in [0, 0.05) is 18.3 Å². The van der Waals surface area contributed by atoms with Crippen LogP contribution in [0.3, 0.4) is 0 Å². The van der Waals surface area contributed by atoms with Gasteiger partial charge in [-0.15, -0.1) is 0 Å². The lowest BCUT2D eigenvalue weighted by Crippen LogP contribution is -2.46. The summed E-state index contributed by atoms with van der Waals surface area (Å²) in [7, 11) is -3.13. The molecule has 3 nitrogen and oxygen atoms in total. The predicted octanol–water partition coefficient (Wildman–Crippen LogP) is 5.59. The molecule has 1 aromatic rings. The third kappa shape index (κ3) is 9.16. The van der Waals surface area contributed by atoms with E-state index in [9.17, 15) is 18.0 Å². The molecule has 0 heterocycles. The van der Waals surface area contributed by atoms with Crippen LogP contribution in [0.5, 0.6) is 0 Å². The normalized spacial score (nSPS) is 13.0. The smallest absolute Gasteiger partial charge is 0.390 e. The summed E-state index contributed by atoms with van der Waals surface area (Å²) >= 11 is 0. The molecule has 0 radical (unpaired) electrons. The second-order valence-corrected chi connectivity index (χ2v) is 9.55. The number of halogens is 3. The molecule has 0 aliphatic carbocycles. The largest absolute Gasteiger partial charge is 0.498 e. The van der Waals surface area contributed by atoms with Crippen LogP contribution in [0.4, 0.5) is 13.2 Å². The zero-order valence-corrected chi connectivity index (χ0v) is 17.1. The van der Waals surface area contributed by atoms with Gasteiger partial charge in [0.25, 0.3) is 0 Å². The van der Waals surface area contributed by atoms with E-state index in [1.807, 2.05) is 27.7 Å². The Labute approximate surface area is 155 Å². The molecule has 0 bridgehead atoms. The van der Waals surface area contributed by atoms with Crippen LogP contribution in [-0.2, 0) is 21.4 Å². The molecule has 0 amide bonds. The fourth-order valence-corrected chi connectivity index (χ4v) is 5.23. The van der Waals surface area contributed by atoms with E-state index in [1.165, 1.54) is 0 Å². The molecule has 1 aromatic carbocycles. The highest BCUT2D eigenvalue weighted by molar-refractivity contribution is 6.59. The van der Waals surface area contributed by atoms with Gasteiger partial charge in [0.05, 0.1) is 5.56 Å². The molecule has 0 saturated heterocycles. The van der Waals surface area contributed by atoms with Crippen molar-refractivity contribution in [3.05, 3.63) is 35.4 Å². The van der Waals surface area contributed by atoms with Gasteiger partial charge in [0.2, 0.25) is 0 Å². The van der Waals surface area contributed by atoms with Crippen molar-refractivity contribution >= 4 is 8.80 Å². The molecule has 0 aliphatic heterocycles. The number of unbranched alkanes of at least 4 members (excludes halogenated alkanes) is 3. The highest BCUT2D eigenvalue weighted by Gasteiger charge is 2.38. The Balaban J connectivity index is 2.31. The second kappa shape index (κ2) is 10.4. The SMILES string of the molecule is CC(C)O[Si](O)(CCCCCCc1ccc(C(F)(F)F)cc1)OC(C)C. The van der Waals surface area contributed by atoms with Crippen LogP contribution < -0.4 is 0 Å². The van der Waals surface area contributed by atoms with Crippen molar-refractivity contribution in [2.24, 2.45) is 0 Å². The lowest BCUT2D eigenvalue weighted by molar-refractivity contribution is -0.137. The van der Waals surface area contributed by atoms with E-state index in [4.69, 9.17) is 8.85 Å². The maximum atomic E-state index is 12.5. The molecule has 0 aromatic heterocycles. The van der Waals surface area contributed by atoms with Crippen LogP contribution in [0.2, 0.25) is 6.04 Å². The van der Waals surface area contributed by atoms with Gasteiger partial charge in [-0.25, -0.2) is 0 Å². The predicted molar refractivity (Wildman–Crippen MR) is 98.8 cm³/mol. The van der Waals surface area contributed by atoms with Gasteiger partial charge in [0.1, 0.15) is 0 Å². The minimum atomic E-state index is -4.28. The number of rotatable bonds is 11. The van der Waals surface area contributed by atoms with Crippen LogP contribution in [0.25, 0.3) is 0 Å². The summed E-state index contributed by atoms with van der Waals surface area (Å²) in [6.07, 6.45) is -0.0834. The number of hydrogen-bond donors (Lipinski definition) is 1. The lowest BCUT2D eigenvalue weighted by atomic mass is 10.0. The number of benzene rings is 1. The van der Waals surface area contributed by atoms with Crippen molar-refractivity contribution in [2.75, 3.05) is 0 Å². The van der Waals surface area contributed by atoms with Crippen molar-refractivity contribution in [3.63, 3.8) is 0 Å². The standard InChI is InChI=1S/C19H31F3O3Si/c1-15(2)24-26(23,25-16(3)4)14-8-6-5-7-9-17-10-12-18(13-11-17)19(20,21)22/h10-13,15-16,23H,5-9,14H2,1-4H3. The maximum Gasteiger partial charge on any atom is 0.498 e. The van der Waals surface area contributed by atoms with Crippen LogP contribution >= 0.6 is 0 Å². The Kier molecular flexibility index (Phi) is 9.30. The first-order valence-corrected chi connectivity index (χ1v) is 11.2. The van der Waals surface area contributed by atoms with E-state index in [-0.39, 0.29) is 12.2 Å². The molecule has 26 heavy (non-hydrogen) atoms. The van der Waals surface area contributed by atoms with Crippen LogP contribution in [-0.4, -0.2) is 25.8 Å². The molecule has 0 unspecified atom stereocenters. The first-order valence-electron chi connectivity index (χ1n) is 9.26. The highest BCUT2D eigenvalue weighted by Crippen LogP contribution is 2.29. The zero-order valence-electron chi connectivity index (χ0n) is 16.1. The minimum Gasteiger partial charge on any atom is -0.390 e. The van der Waals surface area contributed by atoms with Gasteiger partial charge >= 0.3 is 15.0 Å². The van der Waals surface area contributed by atoms with Gasteiger partial charge in [-0.2, -0.15) is 13.2 Å². The average Bonchev–Trinajstić information content (AvgIpc) is 2.48. The van der Waals surface area contributed by atoms with Gasteiger partial charge in [-0.05, 0) is 64.7 Å². The van der Waals surface area contributed by atoms with Crippen LogP contribution in [0.15, 0.2) is 24.3 Å². The first kappa shape index (κ1) is 23.1. The number of aryl methyl sites for hydroxylation is 1. The average molecular weight is 393 g/mol. The van der Waals surface area contributed by atoms with Gasteiger partial charge < -0.3 is 13.6 Å². The summed E-state index contributed by atoms with van der Waals surface area (Å²) in [5.74, 6) is 0. The number of alkyl halides is 3. The summed E-state index contributed by atoms with van der Waals surface area (Å²) in [6, 6.07) is 5.88. The molecule has 0 fully saturated rings. The Morgan fingerprint density at radius 2 is 1.38 bits per heavy atom. The Morgan fingerprint density at radius 1 is 0.885 bits per heavy atom. The fourth-order valence-electron chi connectivity index (χ4n) is 2.77. The molecule has 0 aliphatic rings. The molecular formula is C19H31F3O3Si. The third-order valence-electron chi connectivity index (χ3n) is 3.83. The Hall–Kier alpha value is -0.893. The van der Waals surface area contributed by atoms with Crippen molar-refractivity contribution < 1.29 is 26.8 Å². The lowest BCUT2D eigenvalue weighted by Gasteiger charge is -2.28. The van der Waals surface area contributed by atoms with E-state index >= 15 is 0 Å². The van der Waals surface area contributed by atoms with Crippen molar-refractivity contribution in [1.82, 2.24) is 0 Å². The zero-order chi connectivity index (χ0) is 19.8. The quantitative estimate of drug-likeness (QED) is 0.394. The summed E-state index contributed by atoms with van der Waals surface area (Å²) in [5.41, 5.74) is 0.302. The molecular weight excluding hydrogens is 361 g/mol. The molecule has 0 atom stereocenters. The molecule has 150 valence electrons. The van der Waals surface area contributed by atoms with Gasteiger partial charge in [-0.3, -0.25) is 0 Å². The molecule has 7 heteroatoms. The van der Waals surface area contributed by atoms with E-state index in [0.29, 0.717) is 6.04 Å². The van der Waals surface area contributed by atoms with Crippen LogP contribution in [0.1, 0.15) is 64.5 Å². The molecule has 0 saturated carbocycles. The first-order chi connectivity index (χ1) is 12.0. The summed E-state index contributed by atoms with van der Waals surface area (Å²) < 4.78 is 48.9. The molecule has 0 spiro atoms. The summed E-state index contributed by atoms with van der Waals surface area (Å²) in [5, 5.41) is 0. The van der Waals surface area contributed by atoms with Gasteiger partial charge in [-0.1, -0.05) is 25.0 Å². The summed E-state index contributed by atoms with van der Waals surface area (Å²) in [6.45, 7) is 7.52. The summed E-state index contributed by atoms with van der Waals surface area (Å²) in [4.78, 5) is 10.6. The topological polar surface area (TPSA) is 38.7 Å². The maximum absolute atomic E-state index is 12.5. The van der Waals surface area contributed by atoms with E-state index in [2.05, 4.69) is 0 Å². The van der Waals surface area contributed by atoms with Crippen LogP contribution in [0, 0.1) is 0 Å². The Bertz CT molecular complexity index is 506.